The number of ether oxygens (including phenoxy) is 1. The summed E-state index contributed by atoms with van der Waals surface area (Å²) in [6, 6.07) is 0. The second-order valence-corrected chi connectivity index (χ2v) is 9.90. The molecule has 0 aliphatic carbocycles. The highest BCUT2D eigenvalue weighted by molar-refractivity contribution is 7.26. The van der Waals surface area contributed by atoms with Crippen molar-refractivity contribution in [2.24, 2.45) is 0 Å². The molecule has 150 valence electrons. The number of aromatic nitrogens is 3. The number of pyridine rings is 1. The maximum absolute atomic E-state index is 6.14. The van der Waals surface area contributed by atoms with E-state index in [0.29, 0.717) is 12.5 Å². The summed E-state index contributed by atoms with van der Waals surface area (Å²) in [6.07, 6.45) is 2.55. The van der Waals surface area contributed by atoms with Gasteiger partial charge in [0.25, 0.3) is 0 Å². The molecule has 4 rings (SSSR count). The van der Waals surface area contributed by atoms with Gasteiger partial charge in [-0.1, -0.05) is 13.8 Å². The number of rotatable bonds is 5. The molecule has 0 amide bonds. The molecule has 3 aromatic heterocycles. The van der Waals surface area contributed by atoms with Crippen molar-refractivity contribution in [3.63, 3.8) is 0 Å². The second kappa shape index (κ2) is 7.21. The Balaban J connectivity index is 1.91. The second-order valence-electron chi connectivity index (χ2n) is 8.90. The van der Waals surface area contributed by atoms with E-state index in [2.05, 4.69) is 57.1 Å². The quantitative estimate of drug-likeness (QED) is 0.690. The van der Waals surface area contributed by atoms with Gasteiger partial charge in [-0.3, -0.25) is 0 Å². The zero-order valence-corrected chi connectivity index (χ0v) is 18.5. The van der Waals surface area contributed by atoms with E-state index in [-0.39, 0.29) is 5.60 Å². The summed E-state index contributed by atoms with van der Waals surface area (Å²) in [5.74, 6) is 1.28. The van der Waals surface area contributed by atoms with Crippen molar-refractivity contribution in [1.82, 2.24) is 15.0 Å². The number of fused-ring (bicyclic) bond motifs is 5. The van der Waals surface area contributed by atoms with Crippen molar-refractivity contribution in [2.75, 3.05) is 32.5 Å². The summed E-state index contributed by atoms with van der Waals surface area (Å²) in [5.41, 5.74) is 4.62. The van der Waals surface area contributed by atoms with E-state index in [4.69, 9.17) is 9.72 Å². The number of nitrogens with zero attached hydrogens (tertiary/aromatic N) is 3. The van der Waals surface area contributed by atoms with Gasteiger partial charge < -0.3 is 15.0 Å². The lowest BCUT2D eigenvalue weighted by atomic mass is 9.87. The molecule has 7 heteroatoms. The third-order valence-corrected chi connectivity index (χ3v) is 6.40. The number of anilines is 1. The molecule has 4 heterocycles. The van der Waals surface area contributed by atoms with E-state index in [1.807, 2.05) is 0 Å². The fourth-order valence-corrected chi connectivity index (χ4v) is 5.00. The van der Waals surface area contributed by atoms with Crippen molar-refractivity contribution in [3.8, 4) is 0 Å². The Labute approximate surface area is 170 Å². The maximum atomic E-state index is 6.14. The highest BCUT2D eigenvalue weighted by atomic mass is 32.1. The summed E-state index contributed by atoms with van der Waals surface area (Å²) in [5, 5.41) is 4.69. The lowest BCUT2D eigenvalue weighted by Gasteiger charge is -2.33. The number of likely N-dealkylation sites (N-methyl/N-ethyl adjacent to an activating group) is 1. The minimum absolute atomic E-state index is 0.174. The topological polar surface area (TPSA) is 64.4 Å². The van der Waals surface area contributed by atoms with Crippen LogP contribution in [0.1, 0.15) is 50.4 Å². The third-order valence-electron chi connectivity index (χ3n) is 5.32. The van der Waals surface area contributed by atoms with Crippen LogP contribution in [0.3, 0.4) is 0 Å². The Bertz CT molecular complexity index is 1020. The summed E-state index contributed by atoms with van der Waals surface area (Å²) >= 11 is 1.71. The van der Waals surface area contributed by atoms with Gasteiger partial charge in [0.2, 0.25) is 0 Å². The van der Waals surface area contributed by atoms with Gasteiger partial charge >= 0.3 is 0 Å². The van der Waals surface area contributed by atoms with E-state index in [1.165, 1.54) is 21.4 Å². The van der Waals surface area contributed by atoms with Crippen LogP contribution in [-0.2, 0) is 17.8 Å². The van der Waals surface area contributed by atoms with Gasteiger partial charge in [-0.05, 0) is 25.3 Å². The number of hydrogen-bond acceptors (Lipinski definition) is 6. The molecule has 0 bridgehead atoms. The molecule has 3 aromatic rings. The molecule has 2 N–H and O–H groups in total. The summed E-state index contributed by atoms with van der Waals surface area (Å²) in [7, 11) is 4.31. The first-order valence-electron chi connectivity index (χ1n) is 10.0. The van der Waals surface area contributed by atoms with E-state index in [0.717, 1.165) is 46.1 Å². The first kappa shape index (κ1) is 19.5. The molecule has 6 nitrogen and oxygen atoms in total. The lowest BCUT2D eigenvalue weighted by molar-refractivity contribution is -0.856. The Hall–Kier alpha value is -1.83. The van der Waals surface area contributed by atoms with Gasteiger partial charge in [-0.15, -0.1) is 11.3 Å². The van der Waals surface area contributed by atoms with Crippen LogP contribution < -0.4 is 10.2 Å². The Morgan fingerprint density at radius 2 is 2.04 bits per heavy atom. The minimum Gasteiger partial charge on any atom is -0.370 e. The van der Waals surface area contributed by atoms with Gasteiger partial charge in [-0.2, -0.15) is 0 Å². The molecular formula is C21H30N5OS+. The van der Waals surface area contributed by atoms with E-state index in [1.54, 1.807) is 17.7 Å². The monoisotopic (exact) mass is 400 g/mol. The van der Waals surface area contributed by atoms with E-state index in [9.17, 15) is 0 Å². The van der Waals surface area contributed by atoms with Crippen molar-refractivity contribution >= 4 is 37.6 Å². The standard InChI is InChI=1S/C21H29N5OS/c1-12(2)16-14-10-27-21(3,4)9-13(14)15-17-18(28-20(15)25-16)19(24-11-23-17)22-7-8-26(5)6/h11-12H,7-10H2,1-6H3,(H,22,23,24)/p+1. The summed E-state index contributed by atoms with van der Waals surface area (Å²) < 4.78 is 7.24. The van der Waals surface area contributed by atoms with Crippen LogP contribution in [0.25, 0.3) is 20.4 Å². The molecule has 0 unspecified atom stereocenters. The van der Waals surface area contributed by atoms with Crippen molar-refractivity contribution in [3.05, 3.63) is 23.1 Å². The molecule has 0 aromatic carbocycles. The zero-order chi connectivity index (χ0) is 20.1. The van der Waals surface area contributed by atoms with Crippen LogP contribution in [0.5, 0.6) is 0 Å². The van der Waals surface area contributed by atoms with Crippen molar-refractivity contribution in [2.45, 2.75) is 52.2 Å². The first-order valence-corrected chi connectivity index (χ1v) is 10.8. The average Bonchev–Trinajstić information content (AvgIpc) is 2.99. The van der Waals surface area contributed by atoms with Crippen molar-refractivity contribution in [1.29, 1.82) is 0 Å². The smallest absolute Gasteiger partial charge is 0.147 e. The van der Waals surface area contributed by atoms with Crippen LogP contribution >= 0.6 is 11.3 Å². The fourth-order valence-electron chi connectivity index (χ4n) is 3.87. The largest absolute Gasteiger partial charge is 0.370 e. The van der Waals surface area contributed by atoms with Crippen LogP contribution in [0, 0.1) is 0 Å². The normalized spacial score (nSPS) is 16.3. The van der Waals surface area contributed by atoms with Crippen LogP contribution in [-0.4, -0.2) is 47.7 Å². The molecule has 0 radical (unpaired) electrons. The SMILES string of the molecule is CC(C)c1nc2sc3c(NCC[NH+](C)C)ncnc3c2c2c1COC(C)(C)C2. The molecule has 0 saturated carbocycles. The van der Waals surface area contributed by atoms with E-state index >= 15 is 0 Å². The third kappa shape index (κ3) is 3.47. The molecular weight excluding hydrogens is 370 g/mol. The molecule has 0 saturated heterocycles. The number of quaternary nitrogens is 1. The summed E-state index contributed by atoms with van der Waals surface area (Å²) in [4.78, 5) is 16.7. The lowest BCUT2D eigenvalue weighted by Crippen LogP contribution is -3.06. The predicted molar refractivity (Wildman–Crippen MR) is 116 cm³/mol. The number of hydrogen-bond donors (Lipinski definition) is 2. The number of thiophene rings is 1. The van der Waals surface area contributed by atoms with Gasteiger partial charge in [0.1, 0.15) is 17.0 Å². The van der Waals surface area contributed by atoms with Crippen molar-refractivity contribution < 1.29 is 9.64 Å². The zero-order valence-electron chi connectivity index (χ0n) is 17.6. The predicted octanol–water partition coefficient (Wildman–Crippen LogP) is 2.77. The summed E-state index contributed by atoms with van der Waals surface area (Å²) in [6.45, 7) is 11.3. The fraction of sp³-hybridized carbons (Fsp3) is 0.571. The Morgan fingerprint density at radius 3 is 2.75 bits per heavy atom. The maximum Gasteiger partial charge on any atom is 0.147 e. The molecule has 0 spiro atoms. The first-order chi connectivity index (χ1) is 13.3. The van der Waals surface area contributed by atoms with Gasteiger partial charge in [0.15, 0.2) is 0 Å². The molecule has 28 heavy (non-hydrogen) atoms. The van der Waals surface area contributed by atoms with Crippen LogP contribution in [0.4, 0.5) is 5.82 Å². The molecule has 1 aliphatic rings. The van der Waals surface area contributed by atoms with Gasteiger partial charge in [0.05, 0.1) is 55.3 Å². The number of nitrogens with one attached hydrogen (secondary N) is 2. The molecule has 0 fully saturated rings. The average molecular weight is 401 g/mol. The Kier molecular flexibility index (Phi) is 5.02. The van der Waals surface area contributed by atoms with E-state index < -0.39 is 0 Å². The van der Waals surface area contributed by atoms with Gasteiger partial charge in [0, 0.05) is 17.4 Å². The minimum atomic E-state index is -0.174. The highest BCUT2D eigenvalue weighted by Gasteiger charge is 2.32. The molecule has 0 atom stereocenters. The highest BCUT2D eigenvalue weighted by Crippen LogP contribution is 2.43. The van der Waals surface area contributed by atoms with Gasteiger partial charge in [-0.25, -0.2) is 15.0 Å². The Morgan fingerprint density at radius 1 is 1.25 bits per heavy atom. The molecule has 1 aliphatic heterocycles. The van der Waals surface area contributed by atoms with Crippen LogP contribution in [0.15, 0.2) is 6.33 Å². The van der Waals surface area contributed by atoms with Crippen LogP contribution in [0.2, 0.25) is 0 Å².